The van der Waals surface area contributed by atoms with Gasteiger partial charge in [-0.3, -0.25) is 14.4 Å². The fourth-order valence-corrected chi connectivity index (χ4v) is 5.67. The lowest BCUT2D eigenvalue weighted by Gasteiger charge is -2.30. The van der Waals surface area contributed by atoms with Gasteiger partial charge in [-0.25, -0.2) is 4.79 Å². The van der Waals surface area contributed by atoms with E-state index in [1.807, 2.05) is 26.0 Å². The molecule has 212 valence electrons. The minimum atomic E-state index is -1.40. The number of fused-ring (bicyclic) bond motifs is 4. The third kappa shape index (κ3) is 6.69. The Morgan fingerprint density at radius 1 is 1.21 bits per heavy atom. The molecule has 1 aromatic rings. The van der Waals surface area contributed by atoms with Gasteiger partial charge < -0.3 is 24.8 Å². The molecule has 3 aliphatic rings. The van der Waals surface area contributed by atoms with Crippen molar-refractivity contribution in [2.75, 3.05) is 13.2 Å². The number of rotatable bonds is 5. The van der Waals surface area contributed by atoms with Crippen LogP contribution in [0.15, 0.2) is 36.9 Å². The summed E-state index contributed by atoms with van der Waals surface area (Å²) in [5.74, 6) is -3.61. The van der Waals surface area contributed by atoms with E-state index in [0.717, 1.165) is 31.2 Å². The average Bonchev–Trinajstić information content (AvgIpc) is 3.45. The molecule has 2 N–H and O–H groups in total. The molecule has 5 atom stereocenters. The Bertz CT molecular complexity index is 1100. The second-order valence-electron chi connectivity index (χ2n) is 11.4. The quantitative estimate of drug-likeness (QED) is 0.434. The first-order valence-electron chi connectivity index (χ1n) is 14.0. The van der Waals surface area contributed by atoms with Gasteiger partial charge >= 0.3 is 11.9 Å². The Labute approximate surface area is 229 Å². The number of nitrogens with one attached hydrogen (secondary N) is 1. The van der Waals surface area contributed by atoms with Crippen molar-refractivity contribution in [2.24, 2.45) is 17.8 Å². The molecule has 2 heterocycles. The molecule has 9 heteroatoms. The molecule has 4 rings (SSSR count). The molecule has 9 nitrogen and oxygen atoms in total. The average molecular weight is 541 g/mol. The molecule has 1 saturated heterocycles. The number of cyclic esters (lactones) is 1. The molecule has 0 unspecified atom stereocenters. The third-order valence-electron chi connectivity index (χ3n) is 8.23. The number of aliphatic carboxylic acids is 1. The van der Waals surface area contributed by atoms with Gasteiger partial charge in [0.05, 0.1) is 31.7 Å². The number of benzene rings is 1. The number of amides is 2. The number of aryl methyl sites for hydroxylation is 1. The summed E-state index contributed by atoms with van der Waals surface area (Å²) in [6.45, 7) is 8.24. The van der Waals surface area contributed by atoms with Gasteiger partial charge in [0, 0.05) is 18.9 Å². The van der Waals surface area contributed by atoms with Crippen molar-refractivity contribution in [1.29, 1.82) is 0 Å². The van der Waals surface area contributed by atoms with Gasteiger partial charge in [-0.05, 0) is 49.1 Å². The van der Waals surface area contributed by atoms with Crippen LogP contribution in [-0.4, -0.2) is 64.6 Å². The highest BCUT2D eigenvalue weighted by molar-refractivity contribution is 5.95. The number of carbonyl (C=O) groups excluding carboxylic acids is 3. The summed E-state index contributed by atoms with van der Waals surface area (Å²) in [5, 5.41) is 12.5. The van der Waals surface area contributed by atoms with Gasteiger partial charge in [-0.2, -0.15) is 0 Å². The number of carbonyl (C=O) groups is 4. The van der Waals surface area contributed by atoms with E-state index in [2.05, 4.69) is 24.0 Å². The van der Waals surface area contributed by atoms with Crippen molar-refractivity contribution in [3.05, 3.63) is 48.0 Å². The van der Waals surface area contributed by atoms with Gasteiger partial charge in [0.25, 0.3) is 0 Å². The molecule has 1 aromatic carbocycles. The van der Waals surface area contributed by atoms with E-state index in [-0.39, 0.29) is 43.6 Å². The van der Waals surface area contributed by atoms with E-state index in [4.69, 9.17) is 9.47 Å². The summed E-state index contributed by atoms with van der Waals surface area (Å²) in [4.78, 5) is 53.4. The zero-order chi connectivity index (χ0) is 28.2. The monoisotopic (exact) mass is 540 g/mol. The van der Waals surface area contributed by atoms with E-state index in [9.17, 15) is 24.3 Å². The predicted molar refractivity (Wildman–Crippen MR) is 143 cm³/mol. The van der Waals surface area contributed by atoms with E-state index < -0.39 is 41.4 Å². The summed E-state index contributed by atoms with van der Waals surface area (Å²) in [6.07, 6.45) is 5.12. The first-order valence-corrected chi connectivity index (χ1v) is 14.0. The van der Waals surface area contributed by atoms with Crippen molar-refractivity contribution in [2.45, 2.75) is 83.1 Å². The molecule has 2 fully saturated rings. The predicted octanol–water partition coefficient (Wildman–Crippen LogP) is 3.25. The van der Waals surface area contributed by atoms with Crippen molar-refractivity contribution in [3.63, 3.8) is 0 Å². The molecule has 1 aliphatic carbocycles. The Kier molecular flexibility index (Phi) is 9.10. The number of carboxylic acid groups (broad SMARTS) is 1. The molecule has 2 amide bonds. The topological polar surface area (TPSA) is 122 Å². The zero-order valence-corrected chi connectivity index (χ0v) is 22.9. The summed E-state index contributed by atoms with van der Waals surface area (Å²) in [6, 6.07) is 7.28. The maximum absolute atomic E-state index is 13.8. The standard InChI is InChI=1S/C30H40N2O7/c1-4-22-16-30(22,29(36)37)31-27(34)25-14-23-17-32(25)28(35)24(19(2)3)15-26(33)38-12-7-5-6-9-20-10-8-11-21(13-20)18-39-23/h4,8,10-11,13,19,22-25H,1,5-7,9,12,14-18H2,2-3H3,(H,31,34)(H,36,37)/t22-,23-,24+,25+,30-/m1/s1. The lowest BCUT2D eigenvalue weighted by Crippen LogP contribution is -2.54. The molecule has 2 aliphatic heterocycles. The van der Waals surface area contributed by atoms with Crippen LogP contribution >= 0.6 is 0 Å². The second-order valence-corrected chi connectivity index (χ2v) is 11.4. The molecule has 1 saturated carbocycles. The van der Waals surface area contributed by atoms with E-state index in [1.165, 1.54) is 16.5 Å². The lowest BCUT2D eigenvalue weighted by molar-refractivity contribution is -0.152. The number of esters is 1. The molecule has 39 heavy (non-hydrogen) atoms. The number of carboxylic acids is 1. The van der Waals surface area contributed by atoms with Crippen molar-refractivity contribution >= 4 is 23.8 Å². The normalized spacial score (nSPS) is 30.2. The highest BCUT2D eigenvalue weighted by atomic mass is 16.5. The maximum Gasteiger partial charge on any atom is 0.330 e. The Hall–Kier alpha value is -3.20. The minimum absolute atomic E-state index is 0.0744. The van der Waals surface area contributed by atoms with E-state index in [0.29, 0.717) is 13.2 Å². The zero-order valence-electron chi connectivity index (χ0n) is 22.9. The first kappa shape index (κ1) is 28.8. The smallest absolute Gasteiger partial charge is 0.330 e. The summed E-state index contributed by atoms with van der Waals surface area (Å²) >= 11 is 0. The van der Waals surface area contributed by atoms with Crippen LogP contribution in [0.25, 0.3) is 0 Å². The van der Waals surface area contributed by atoms with Crippen LogP contribution in [-0.2, 0) is 41.7 Å². The van der Waals surface area contributed by atoms with Crippen LogP contribution in [0.5, 0.6) is 0 Å². The van der Waals surface area contributed by atoms with Crippen LogP contribution in [0.2, 0.25) is 0 Å². The number of hydrogen-bond donors (Lipinski definition) is 2. The number of ether oxygens (including phenoxy) is 2. The largest absolute Gasteiger partial charge is 0.479 e. The van der Waals surface area contributed by atoms with E-state index in [1.54, 1.807) is 0 Å². The molecule has 0 spiro atoms. The van der Waals surface area contributed by atoms with Crippen LogP contribution in [0, 0.1) is 17.8 Å². The maximum atomic E-state index is 13.8. The summed E-state index contributed by atoms with van der Waals surface area (Å²) in [7, 11) is 0. The van der Waals surface area contributed by atoms with Crippen LogP contribution in [0.1, 0.15) is 63.5 Å². The fourth-order valence-electron chi connectivity index (χ4n) is 5.67. The molecular formula is C30H40N2O7. The van der Waals surface area contributed by atoms with Crippen LogP contribution in [0.3, 0.4) is 0 Å². The van der Waals surface area contributed by atoms with Crippen LogP contribution in [0.4, 0.5) is 0 Å². The van der Waals surface area contributed by atoms with Crippen molar-refractivity contribution < 1.29 is 33.8 Å². The lowest BCUT2D eigenvalue weighted by atomic mass is 9.90. The van der Waals surface area contributed by atoms with Gasteiger partial charge in [0.1, 0.15) is 11.6 Å². The van der Waals surface area contributed by atoms with Gasteiger partial charge in [0.15, 0.2) is 0 Å². The van der Waals surface area contributed by atoms with Crippen molar-refractivity contribution in [1.82, 2.24) is 10.2 Å². The summed E-state index contributed by atoms with van der Waals surface area (Å²) in [5.41, 5.74) is 0.820. The molecule has 4 bridgehead atoms. The Balaban J connectivity index is 1.58. The molecular weight excluding hydrogens is 500 g/mol. The minimum Gasteiger partial charge on any atom is -0.479 e. The highest BCUT2D eigenvalue weighted by Gasteiger charge is 2.61. The molecule has 0 radical (unpaired) electrons. The Morgan fingerprint density at radius 2 is 1.97 bits per heavy atom. The third-order valence-corrected chi connectivity index (χ3v) is 8.23. The van der Waals surface area contributed by atoms with Gasteiger partial charge in [-0.15, -0.1) is 6.58 Å². The molecule has 0 aromatic heterocycles. The first-order chi connectivity index (χ1) is 18.6. The van der Waals surface area contributed by atoms with Crippen LogP contribution < -0.4 is 5.32 Å². The number of hydrogen-bond acceptors (Lipinski definition) is 6. The fraction of sp³-hybridized carbons (Fsp3) is 0.600. The Morgan fingerprint density at radius 3 is 2.67 bits per heavy atom. The van der Waals surface area contributed by atoms with Gasteiger partial charge in [-0.1, -0.05) is 44.2 Å². The second kappa shape index (κ2) is 12.3. The van der Waals surface area contributed by atoms with Crippen molar-refractivity contribution in [3.8, 4) is 0 Å². The highest BCUT2D eigenvalue weighted by Crippen LogP contribution is 2.45. The van der Waals surface area contributed by atoms with E-state index >= 15 is 0 Å². The number of nitrogens with zero attached hydrogens (tertiary/aromatic N) is 1. The summed E-state index contributed by atoms with van der Waals surface area (Å²) < 4.78 is 11.7. The SMILES string of the molecule is C=C[C@@H]1C[C@]1(NC(=O)[C@@H]1C[C@@H]2CN1C(=O)[C@H](C(C)C)CC(=O)OCCCCCc1cccc(c1)CO2)C(=O)O. The van der Waals surface area contributed by atoms with Gasteiger partial charge in [0.2, 0.25) is 11.8 Å².